The van der Waals surface area contributed by atoms with Gasteiger partial charge in [0.25, 0.3) is 0 Å². The van der Waals surface area contributed by atoms with Gasteiger partial charge in [0.1, 0.15) is 12.1 Å². The van der Waals surface area contributed by atoms with Crippen molar-refractivity contribution in [2.45, 2.75) is 45.3 Å². The highest BCUT2D eigenvalue weighted by molar-refractivity contribution is 5.79. The molecule has 1 aliphatic rings. The van der Waals surface area contributed by atoms with E-state index in [-0.39, 0.29) is 24.9 Å². The number of ether oxygens (including phenoxy) is 1. The van der Waals surface area contributed by atoms with Crippen LogP contribution in [-0.4, -0.2) is 41.6 Å². The van der Waals surface area contributed by atoms with E-state index in [0.717, 1.165) is 0 Å². The van der Waals surface area contributed by atoms with Crippen LogP contribution in [0.5, 0.6) is 0 Å². The van der Waals surface area contributed by atoms with Crippen molar-refractivity contribution in [3.63, 3.8) is 0 Å². The summed E-state index contributed by atoms with van der Waals surface area (Å²) in [6.45, 7) is 5.96. The van der Waals surface area contributed by atoms with Gasteiger partial charge >= 0.3 is 6.09 Å². The van der Waals surface area contributed by atoms with Crippen molar-refractivity contribution in [1.82, 2.24) is 10.2 Å². The van der Waals surface area contributed by atoms with Gasteiger partial charge in [0.15, 0.2) is 0 Å². The van der Waals surface area contributed by atoms with E-state index in [9.17, 15) is 9.59 Å². The summed E-state index contributed by atoms with van der Waals surface area (Å²) < 4.78 is 5.12. The Hall–Kier alpha value is -1.77. The molecule has 0 aliphatic carbocycles. The van der Waals surface area contributed by atoms with Crippen molar-refractivity contribution in [2.24, 2.45) is 0 Å². The molecule has 0 bridgehead atoms. The summed E-state index contributed by atoms with van der Waals surface area (Å²) in [7, 11) is 0. The van der Waals surface area contributed by atoms with Gasteiger partial charge in [-0.15, -0.1) is 0 Å². The van der Waals surface area contributed by atoms with Crippen molar-refractivity contribution in [2.75, 3.05) is 13.1 Å². The highest BCUT2D eigenvalue weighted by atomic mass is 16.6. The van der Waals surface area contributed by atoms with Crippen LogP contribution in [0.15, 0.2) is 0 Å². The number of piperidine rings is 1. The van der Waals surface area contributed by atoms with Crippen molar-refractivity contribution >= 4 is 12.0 Å². The number of rotatable bonds is 2. The molecule has 1 fully saturated rings. The van der Waals surface area contributed by atoms with Crippen LogP contribution in [0.2, 0.25) is 0 Å². The number of hydrogen-bond acceptors (Lipinski definition) is 4. The first kappa shape index (κ1) is 14.3. The molecule has 0 saturated carbocycles. The van der Waals surface area contributed by atoms with E-state index < -0.39 is 11.7 Å². The lowest BCUT2D eigenvalue weighted by Crippen LogP contribution is -2.48. The topological polar surface area (TPSA) is 82.4 Å². The summed E-state index contributed by atoms with van der Waals surface area (Å²) >= 11 is 0. The summed E-state index contributed by atoms with van der Waals surface area (Å²) in [5.41, 5.74) is -0.546. The number of nitrogens with one attached hydrogen (secondary N) is 1. The number of carbonyl (C=O) groups is 2. The molecule has 0 spiro atoms. The summed E-state index contributed by atoms with van der Waals surface area (Å²) in [5.74, 6) is -0.108. The third kappa shape index (κ3) is 4.62. The standard InChI is InChI=1S/C12H19N3O3/c1-12(2,3)18-11(17)14-9-4-6-15(7-5-13)10(16)8-9/h9H,4,6-8H2,1-3H3,(H,14,17)/t9-/m1/s1. The van der Waals surface area contributed by atoms with Crippen molar-refractivity contribution in [3.8, 4) is 6.07 Å². The average Bonchev–Trinajstić information content (AvgIpc) is 2.19. The first-order valence-corrected chi connectivity index (χ1v) is 5.96. The van der Waals surface area contributed by atoms with Gasteiger partial charge in [0.05, 0.1) is 6.07 Å². The van der Waals surface area contributed by atoms with E-state index in [4.69, 9.17) is 10.00 Å². The Kier molecular flexibility index (Phi) is 4.54. The van der Waals surface area contributed by atoms with Crippen LogP contribution in [0.1, 0.15) is 33.6 Å². The number of nitrogens with zero attached hydrogens (tertiary/aromatic N) is 2. The number of carbonyl (C=O) groups excluding carboxylic acids is 2. The number of alkyl carbamates (subject to hydrolysis) is 1. The molecule has 100 valence electrons. The Morgan fingerprint density at radius 1 is 1.61 bits per heavy atom. The fourth-order valence-corrected chi connectivity index (χ4v) is 1.73. The van der Waals surface area contributed by atoms with Gasteiger partial charge in [0.2, 0.25) is 5.91 Å². The summed E-state index contributed by atoms with van der Waals surface area (Å²) in [4.78, 5) is 24.7. The first-order valence-electron chi connectivity index (χ1n) is 5.96. The number of amides is 2. The quantitative estimate of drug-likeness (QED) is 0.745. The van der Waals surface area contributed by atoms with Crippen molar-refractivity contribution in [1.29, 1.82) is 5.26 Å². The predicted molar refractivity (Wildman–Crippen MR) is 64.6 cm³/mol. The lowest BCUT2D eigenvalue weighted by Gasteiger charge is -2.31. The van der Waals surface area contributed by atoms with Crippen LogP contribution in [0, 0.1) is 11.3 Å². The molecule has 0 aromatic heterocycles. The zero-order valence-electron chi connectivity index (χ0n) is 11.0. The maximum Gasteiger partial charge on any atom is 0.407 e. The van der Waals surface area contributed by atoms with E-state index in [2.05, 4.69) is 5.32 Å². The monoisotopic (exact) mass is 253 g/mol. The van der Waals surface area contributed by atoms with Crippen LogP contribution in [-0.2, 0) is 9.53 Å². The van der Waals surface area contributed by atoms with Gasteiger partial charge in [0, 0.05) is 19.0 Å². The van der Waals surface area contributed by atoms with Crippen molar-refractivity contribution < 1.29 is 14.3 Å². The maximum absolute atomic E-state index is 11.6. The van der Waals surface area contributed by atoms with Crippen LogP contribution in [0.4, 0.5) is 4.79 Å². The largest absolute Gasteiger partial charge is 0.444 e. The van der Waals surface area contributed by atoms with E-state index in [0.29, 0.717) is 13.0 Å². The van der Waals surface area contributed by atoms with Gasteiger partial charge in [-0.2, -0.15) is 5.26 Å². The molecule has 0 aromatic carbocycles. The van der Waals surface area contributed by atoms with E-state index in [1.54, 1.807) is 20.8 Å². The Morgan fingerprint density at radius 2 is 2.28 bits per heavy atom. The molecule has 0 radical (unpaired) electrons. The minimum Gasteiger partial charge on any atom is -0.444 e. The highest BCUT2D eigenvalue weighted by Crippen LogP contribution is 2.13. The minimum atomic E-state index is -0.546. The average molecular weight is 253 g/mol. The lowest BCUT2D eigenvalue weighted by atomic mass is 10.0. The van der Waals surface area contributed by atoms with Crippen molar-refractivity contribution in [3.05, 3.63) is 0 Å². The molecule has 0 aromatic rings. The Bertz CT molecular complexity index is 368. The van der Waals surface area contributed by atoms with E-state index in [1.165, 1.54) is 4.90 Å². The SMILES string of the molecule is CC(C)(C)OC(=O)N[C@@H]1CCN(CC#N)C(=O)C1. The van der Waals surface area contributed by atoms with Crippen LogP contribution in [0.25, 0.3) is 0 Å². The third-order valence-corrected chi connectivity index (χ3v) is 2.50. The molecule has 18 heavy (non-hydrogen) atoms. The van der Waals surface area contributed by atoms with Gasteiger partial charge in [-0.05, 0) is 27.2 Å². The molecule has 6 nitrogen and oxygen atoms in total. The van der Waals surface area contributed by atoms with Gasteiger partial charge in [-0.3, -0.25) is 4.79 Å². The summed E-state index contributed by atoms with van der Waals surface area (Å²) in [5, 5.41) is 11.2. The predicted octanol–water partition coefficient (Wildman–Crippen LogP) is 1.03. The van der Waals surface area contributed by atoms with E-state index in [1.807, 2.05) is 6.07 Å². The van der Waals surface area contributed by atoms with E-state index >= 15 is 0 Å². The Labute approximate surface area is 107 Å². The second-order valence-corrected chi connectivity index (χ2v) is 5.31. The molecular formula is C12H19N3O3. The molecule has 0 unspecified atom stereocenters. The van der Waals surface area contributed by atoms with Gasteiger partial charge < -0.3 is 15.0 Å². The zero-order valence-corrected chi connectivity index (χ0v) is 11.0. The molecule has 1 rings (SSSR count). The second kappa shape index (κ2) is 5.71. The molecule has 6 heteroatoms. The smallest absolute Gasteiger partial charge is 0.407 e. The maximum atomic E-state index is 11.6. The third-order valence-electron chi connectivity index (χ3n) is 2.50. The normalized spacial score (nSPS) is 20.2. The number of likely N-dealkylation sites (tertiary alicyclic amines) is 1. The molecule has 1 heterocycles. The fourth-order valence-electron chi connectivity index (χ4n) is 1.73. The Morgan fingerprint density at radius 3 is 2.78 bits per heavy atom. The molecule has 1 N–H and O–H groups in total. The molecule has 1 aliphatic heterocycles. The first-order chi connectivity index (χ1) is 8.31. The molecule has 1 saturated heterocycles. The highest BCUT2D eigenvalue weighted by Gasteiger charge is 2.27. The lowest BCUT2D eigenvalue weighted by molar-refractivity contribution is -0.133. The summed E-state index contributed by atoms with van der Waals surface area (Å²) in [6, 6.07) is 1.74. The molecular weight excluding hydrogens is 234 g/mol. The molecule has 1 atom stereocenters. The zero-order chi connectivity index (χ0) is 13.8. The minimum absolute atomic E-state index is 0.108. The summed E-state index contributed by atoms with van der Waals surface area (Å²) in [6.07, 6.45) is 0.363. The fraction of sp³-hybridized carbons (Fsp3) is 0.750. The number of hydrogen-bond donors (Lipinski definition) is 1. The van der Waals surface area contributed by atoms with Crippen LogP contribution in [0.3, 0.4) is 0 Å². The van der Waals surface area contributed by atoms with Gasteiger partial charge in [-0.1, -0.05) is 0 Å². The number of nitriles is 1. The van der Waals surface area contributed by atoms with Gasteiger partial charge in [-0.25, -0.2) is 4.79 Å². The second-order valence-electron chi connectivity index (χ2n) is 5.31. The van der Waals surface area contributed by atoms with Crippen LogP contribution >= 0.6 is 0 Å². The van der Waals surface area contributed by atoms with Crippen LogP contribution < -0.4 is 5.32 Å². The molecule has 2 amide bonds. The Balaban J connectivity index is 2.41.